The molecule has 0 amide bonds. The number of aromatic nitrogens is 3. The number of benzene rings is 1. The minimum absolute atomic E-state index is 0.527. The number of fused-ring (bicyclic) bond motifs is 1. The molecule has 1 aromatic carbocycles. The van der Waals surface area contributed by atoms with Gasteiger partial charge in [0, 0.05) is 31.3 Å². The van der Waals surface area contributed by atoms with Crippen molar-refractivity contribution in [1.82, 2.24) is 14.6 Å². The molecule has 116 valence electrons. The molecular formula is C17H17N5S. The molecule has 1 aliphatic rings. The Morgan fingerprint density at radius 3 is 2.57 bits per heavy atom. The Labute approximate surface area is 138 Å². The first-order chi connectivity index (χ1) is 11.2. The minimum Gasteiger partial charge on any atom is -0.378 e. The van der Waals surface area contributed by atoms with Crippen LogP contribution in [-0.4, -0.2) is 28.7 Å². The lowest BCUT2D eigenvalue weighted by atomic mass is 9.86. The Kier molecular flexibility index (Phi) is 3.31. The fraction of sp³-hybridized carbons (Fsp3) is 0.353. The normalized spacial score (nSPS) is 14.7. The van der Waals surface area contributed by atoms with Gasteiger partial charge in [0.05, 0.1) is 0 Å². The van der Waals surface area contributed by atoms with Crippen LogP contribution in [-0.2, 0) is 0 Å². The van der Waals surface area contributed by atoms with Crippen LogP contribution < -0.4 is 4.90 Å². The molecule has 0 N–H and O–H groups in total. The van der Waals surface area contributed by atoms with E-state index in [1.807, 2.05) is 43.3 Å². The maximum absolute atomic E-state index is 9.57. The standard InChI is InChI=1S/C17H17N5S/c1-21(2)13-8-6-11(7-9-13)15-14(10-18)22-17(19-15)23-16(20-22)12-4-3-5-12/h6-9,12H,3-5H2,1-2H3. The largest absolute Gasteiger partial charge is 0.378 e. The number of nitriles is 1. The molecule has 3 aromatic rings. The number of rotatable bonds is 3. The van der Waals surface area contributed by atoms with E-state index in [2.05, 4.69) is 16.2 Å². The number of hydrogen-bond acceptors (Lipinski definition) is 5. The van der Waals surface area contributed by atoms with Crippen molar-refractivity contribution in [1.29, 1.82) is 5.26 Å². The van der Waals surface area contributed by atoms with Crippen LogP contribution in [0.3, 0.4) is 0 Å². The average Bonchev–Trinajstić information content (AvgIpc) is 3.02. The highest BCUT2D eigenvalue weighted by molar-refractivity contribution is 7.16. The zero-order valence-corrected chi connectivity index (χ0v) is 14.0. The maximum atomic E-state index is 9.57. The molecule has 6 heteroatoms. The van der Waals surface area contributed by atoms with Gasteiger partial charge in [-0.1, -0.05) is 29.9 Å². The van der Waals surface area contributed by atoms with E-state index in [1.165, 1.54) is 19.3 Å². The van der Waals surface area contributed by atoms with E-state index >= 15 is 0 Å². The monoisotopic (exact) mass is 323 g/mol. The Bertz CT molecular complexity index is 894. The molecule has 1 fully saturated rings. The molecule has 2 heterocycles. The summed E-state index contributed by atoms with van der Waals surface area (Å²) >= 11 is 1.62. The second-order valence-corrected chi connectivity index (χ2v) is 7.11. The van der Waals surface area contributed by atoms with Gasteiger partial charge in [0.1, 0.15) is 16.8 Å². The van der Waals surface area contributed by atoms with Gasteiger partial charge in [0.15, 0.2) is 5.69 Å². The zero-order chi connectivity index (χ0) is 16.0. The molecule has 0 radical (unpaired) electrons. The SMILES string of the molecule is CN(C)c1ccc(-c2nc3sc(C4CCC4)nn3c2C#N)cc1. The van der Waals surface area contributed by atoms with Crippen LogP contribution in [0.15, 0.2) is 24.3 Å². The van der Waals surface area contributed by atoms with E-state index in [9.17, 15) is 5.26 Å². The summed E-state index contributed by atoms with van der Waals surface area (Å²) in [6.07, 6.45) is 3.69. The lowest BCUT2D eigenvalue weighted by Crippen LogP contribution is -2.09. The van der Waals surface area contributed by atoms with Gasteiger partial charge in [-0.2, -0.15) is 14.9 Å². The summed E-state index contributed by atoms with van der Waals surface area (Å²) < 4.78 is 1.72. The molecule has 0 bridgehead atoms. The predicted molar refractivity (Wildman–Crippen MR) is 91.9 cm³/mol. The van der Waals surface area contributed by atoms with E-state index in [4.69, 9.17) is 0 Å². The second-order valence-electron chi connectivity index (χ2n) is 6.12. The van der Waals surface area contributed by atoms with Gasteiger partial charge in [0.2, 0.25) is 4.96 Å². The summed E-state index contributed by atoms with van der Waals surface area (Å²) in [6.45, 7) is 0. The maximum Gasteiger partial charge on any atom is 0.214 e. The van der Waals surface area contributed by atoms with Gasteiger partial charge in [-0.15, -0.1) is 0 Å². The first-order valence-corrected chi connectivity index (χ1v) is 8.56. The summed E-state index contributed by atoms with van der Waals surface area (Å²) in [5.74, 6) is 0.566. The Morgan fingerprint density at radius 1 is 1.26 bits per heavy atom. The van der Waals surface area contributed by atoms with Crippen LogP contribution in [0.2, 0.25) is 0 Å². The van der Waals surface area contributed by atoms with Gasteiger partial charge in [-0.25, -0.2) is 4.98 Å². The smallest absolute Gasteiger partial charge is 0.214 e. The van der Waals surface area contributed by atoms with Crippen molar-refractivity contribution in [2.24, 2.45) is 0 Å². The third-order valence-electron chi connectivity index (χ3n) is 4.44. The van der Waals surface area contributed by atoms with Crippen LogP contribution in [0.25, 0.3) is 16.2 Å². The molecule has 0 saturated heterocycles. The summed E-state index contributed by atoms with van der Waals surface area (Å²) in [5.41, 5.74) is 3.32. The van der Waals surface area contributed by atoms with Crippen LogP contribution in [0.5, 0.6) is 0 Å². The highest BCUT2D eigenvalue weighted by Crippen LogP contribution is 2.39. The van der Waals surface area contributed by atoms with E-state index < -0.39 is 0 Å². The first-order valence-electron chi connectivity index (χ1n) is 7.74. The van der Waals surface area contributed by atoms with Crippen molar-refractivity contribution in [3.63, 3.8) is 0 Å². The molecule has 0 unspecified atom stereocenters. The lowest BCUT2D eigenvalue weighted by Gasteiger charge is -2.21. The Hall–Kier alpha value is -2.39. The molecule has 0 spiro atoms. The van der Waals surface area contributed by atoms with Gasteiger partial charge < -0.3 is 4.90 Å². The Balaban J connectivity index is 1.77. The van der Waals surface area contributed by atoms with E-state index in [0.717, 1.165) is 26.9 Å². The third kappa shape index (κ3) is 2.28. The molecule has 2 aromatic heterocycles. The van der Waals surface area contributed by atoms with E-state index in [0.29, 0.717) is 11.6 Å². The van der Waals surface area contributed by atoms with Crippen molar-refractivity contribution >= 4 is 22.0 Å². The van der Waals surface area contributed by atoms with E-state index in [-0.39, 0.29) is 0 Å². The van der Waals surface area contributed by atoms with Crippen LogP contribution in [0.1, 0.15) is 35.9 Å². The van der Waals surface area contributed by atoms with Crippen molar-refractivity contribution in [3.8, 4) is 17.3 Å². The third-order valence-corrected chi connectivity index (χ3v) is 5.51. The van der Waals surface area contributed by atoms with Crippen molar-refractivity contribution in [2.75, 3.05) is 19.0 Å². The highest BCUT2D eigenvalue weighted by atomic mass is 32.1. The molecule has 5 nitrogen and oxygen atoms in total. The number of imidazole rings is 1. The summed E-state index contributed by atoms with van der Waals surface area (Å²) in [7, 11) is 4.02. The number of hydrogen-bond donors (Lipinski definition) is 0. The number of nitrogens with zero attached hydrogens (tertiary/aromatic N) is 5. The molecule has 23 heavy (non-hydrogen) atoms. The molecule has 1 saturated carbocycles. The van der Waals surface area contributed by atoms with Crippen molar-refractivity contribution in [3.05, 3.63) is 35.0 Å². The fourth-order valence-corrected chi connectivity index (χ4v) is 3.87. The van der Waals surface area contributed by atoms with Gasteiger partial charge in [-0.05, 0) is 25.0 Å². The quantitative estimate of drug-likeness (QED) is 0.738. The summed E-state index contributed by atoms with van der Waals surface area (Å²) in [4.78, 5) is 7.54. The first kappa shape index (κ1) is 14.2. The van der Waals surface area contributed by atoms with Crippen LogP contribution in [0, 0.1) is 11.3 Å². The van der Waals surface area contributed by atoms with E-state index in [1.54, 1.807) is 15.9 Å². The van der Waals surface area contributed by atoms with Crippen molar-refractivity contribution < 1.29 is 0 Å². The highest BCUT2D eigenvalue weighted by Gasteiger charge is 2.25. The molecule has 4 rings (SSSR count). The van der Waals surface area contributed by atoms with Gasteiger partial charge >= 0.3 is 0 Å². The molecule has 0 aliphatic heterocycles. The second kappa shape index (κ2) is 5.36. The van der Waals surface area contributed by atoms with Crippen LogP contribution >= 0.6 is 11.3 Å². The summed E-state index contributed by atoms with van der Waals surface area (Å²) in [5, 5.41) is 15.3. The Morgan fingerprint density at radius 2 is 2.00 bits per heavy atom. The summed E-state index contributed by atoms with van der Waals surface area (Å²) in [6, 6.07) is 10.4. The fourth-order valence-electron chi connectivity index (χ4n) is 2.80. The molecule has 0 atom stereocenters. The van der Waals surface area contributed by atoms with Gasteiger partial charge in [-0.3, -0.25) is 0 Å². The minimum atomic E-state index is 0.527. The molecule has 1 aliphatic carbocycles. The average molecular weight is 323 g/mol. The molecular weight excluding hydrogens is 306 g/mol. The zero-order valence-electron chi connectivity index (χ0n) is 13.2. The van der Waals surface area contributed by atoms with Crippen molar-refractivity contribution in [2.45, 2.75) is 25.2 Å². The number of anilines is 1. The predicted octanol–water partition coefficient (Wildman–Crippen LogP) is 3.66. The van der Waals surface area contributed by atoms with Gasteiger partial charge in [0.25, 0.3) is 0 Å². The lowest BCUT2D eigenvalue weighted by molar-refractivity contribution is 0.415. The van der Waals surface area contributed by atoms with Crippen LogP contribution in [0.4, 0.5) is 5.69 Å². The topological polar surface area (TPSA) is 57.2 Å².